The van der Waals surface area contributed by atoms with Crippen LogP contribution in [0.5, 0.6) is 0 Å². The minimum Gasteiger partial charge on any atom is -0.399 e. The van der Waals surface area contributed by atoms with Crippen molar-refractivity contribution in [3.05, 3.63) is 63.2 Å². The van der Waals surface area contributed by atoms with Crippen molar-refractivity contribution in [2.75, 3.05) is 11.1 Å². The Balaban J connectivity index is 2.18. The van der Waals surface area contributed by atoms with Crippen LogP contribution in [0.25, 0.3) is 0 Å². The van der Waals surface area contributed by atoms with E-state index < -0.39 is 4.92 Å². The van der Waals surface area contributed by atoms with E-state index in [4.69, 9.17) is 17.3 Å². The maximum Gasteiger partial charge on any atom is 0.310 e. The van der Waals surface area contributed by atoms with E-state index in [2.05, 4.69) is 5.32 Å². The van der Waals surface area contributed by atoms with Gasteiger partial charge < -0.3 is 11.1 Å². The van der Waals surface area contributed by atoms with Gasteiger partial charge in [-0.3, -0.25) is 10.1 Å². The van der Waals surface area contributed by atoms with E-state index >= 15 is 0 Å². The van der Waals surface area contributed by atoms with Crippen molar-refractivity contribution in [1.82, 2.24) is 0 Å². The van der Waals surface area contributed by atoms with Crippen molar-refractivity contribution in [3.63, 3.8) is 0 Å². The highest BCUT2D eigenvalue weighted by Crippen LogP contribution is 2.32. The average Bonchev–Trinajstić information content (AvgIpc) is 2.37. The number of benzene rings is 2. The van der Waals surface area contributed by atoms with Gasteiger partial charge in [-0.1, -0.05) is 29.8 Å². The summed E-state index contributed by atoms with van der Waals surface area (Å²) in [4.78, 5) is 10.5. The summed E-state index contributed by atoms with van der Waals surface area (Å²) >= 11 is 5.83. The van der Waals surface area contributed by atoms with E-state index in [9.17, 15) is 10.1 Å². The highest BCUT2D eigenvalue weighted by Gasteiger charge is 2.17. The van der Waals surface area contributed by atoms with Crippen molar-refractivity contribution in [3.8, 4) is 0 Å². The number of nitrogens with zero attached hydrogens (tertiary/aromatic N) is 1. The summed E-state index contributed by atoms with van der Waals surface area (Å²) in [6.07, 6.45) is 0. The summed E-state index contributed by atoms with van der Waals surface area (Å²) in [5, 5.41) is 14.1. The number of para-hydroxylation sites is 1. The molecule has 0 aliphatic rings. The molecule has 5 nitrogen and oxygen atoms in total. The number of hydrogen-bond acceptors (Lipinski definition) is 4. The SMILES string of the molecule is Nc1ccc(CNc2cccc(Cl)c2[N+](=O)[O-])cc1. The molecule has 2 rings (SSSR count). The van der Waals surface area contributed by atoms with E-state index in [1.54, 1.807) is 24.3 Å². The Morgan fingerprint density at radius 3 is 2.53 bits per heavy atom. The summed E-state index contributed by atoms with van der Waals surface area (Å²) in [5.41, 5.74) is 7.53. The molecule has 0 spiro atoms. The first-order valence-corrected chi connectivity index (χ1v) is 5.97. The van der Waals surface area contributed by atoms with Crippen LogP contribution in [-0.2, 0) is 6.54 Å². The molecule has 0 bridgehead atoms. The molecule has 0 unspecified atom stereocenters. The molecule has 0 atom stereocenters. The first-order chi connectivity index (χ1) is 9.08. The lowest BCUT2D eigenvalue weighted by molar-refractivity contribution is -0.383. The van der Waals surface area contributed by atoms with Crippen LogP contribution < -0.4 is 11.1 Å². The normalized spacial score (nSPS) is 10.2. The summed E-state index contributed by atoms with van der Waals surface area (Å²) in [6.45, 7) is 0.460. The number of anilines is 2. The molecule has 3 N–H and O–H groups in total. The van der Waals surface area contributed by atoms with Gasteiger partial charge in [0.15, 0.2) is 0 Å². The Morgan fingerprint density at radius 1 is 1.21 bits per heavy atom. The molecule has 0 aliphatic carbocycles. The zero-order valence-corrected chi connectivity index (χ0v) is 10.7. The second kappa shape index (κ2) is 5.58. The Labute approximate surface area is 115 Å². The zero-order chi connectivity index (χ0) is 13.8. The van der Waals surface area contributed by atoms with E-state index in [1.165, 1.54) is 6.07 Å². The van der Waals surface area contributed by atoms with Gasteiger partial charge >= 0.3 is 5.69 Å². The molecular formula is C13H12ClN3O2. The van der Waals surface area contributed by atoms with Gasteiger partial charge in [-0.25, -0.2) is 0 Å². The number of nitro benzene ring substituents is 1. The molecule has 0 fully saturated rings. The predicted octanol–water partition coefficient (Wildman–Crippen LogP) is 3.44. The highest BCUT2D eigenvalue weighted by atomic mass is 35.5. The molecule has 19 heavy (non-hydrogen) atoms. The van der Waals surface area contributed by atoms with Crippen LogP contribution in [-0.4, -0.2) is 4.92 Å². The predicted molar refractivity (Wildman–Crippen MR) is 76.3 cm³/mol. The zero-order valence-electron chi connectivity index (χ0n) is 9.97. The molecule has 0 heterocycles. The maximum atomic E-state index is 11.0. The summed E-state index contributed by atoms with van der Waals surface area (Å²) in [6, 6.07) is 12.1. The van der Waals surface area contributed by atoms with Gasteiger partial charge in [-0.05, 0) is 29.8 Å². The Bertz CT molecular complexity index is 599. The van der Waals surface area contributed by atoms with E-state index in [0.29, 0.717) is 17.9 Å². The van der Waals surface area contributed by atoms with Gasteiger partial charge in [0, 0.05) is 12.2 Å². The fraction of sp³-hybridized carbons (Fsp3) is 0.0769. The number of nitrogens with one attached hydrogen (secondary N) is 1. The summed E-state index contributed by atoms with van der Waals surface area (Å²) in [5.74, 6) is 0. The lowest BCUT2D eigenvalue weighted by atomic mass is 10.2. The van der Waals surface area contributed by atoms with Crippen molar-refractivity contribution < 1.29 is 4.92 Å². The van der Waals surface area contributed by atoms with Gasteiger partial charge in [0.1, 0.15) is 10.7 Å². The van der Waals surface area contributed by atoms with Crippen LogP contribution in [0, 0.1) is 10.1 Å². The number of hydrogen-bond donors (Lipinski definition) is 2. The maximum absolute atomic E-state index is 11.0. The van der Waals surface area contributed by atoms with Crippen LogP contribution in [0.4, 0.5) is 17.1 Å². The number of nitrogen functional groups attached to an aromatic ring is 1. The molecule has 0 aromatic heterocycles. The molecule has 98 valence electrons. The number of rotatable bonds is 4. The monoisotopic (exact) mass is 277 g/mol. The quantitative estimate of drug-likeness (QED) is 0.509. The minimum atomic E-state index is -0.492. The second-order valence-electron chi connectivity index (χ2n) is 3.99. The molecule has 0 amide bonds. The van der Waals surface area contributed by atoms with Crippen LogP contribution in [0.3, 0.4) is 0 Å². The lowest BCUT2D eigenvalue weighted by Gasteiger charge is -2.08. The first-order valence-electron chi connectivity index (χ1n) is 5.59. The van der Waals surface area contributed by atoms with Crippen molar-refractivity contribution in [2.24, 2.45) is 0 Å². The third kappa shape index (κ3) is 3.14. The molecule has 2 aromatic carbocycles. The van der Waals surface area contributed by atoms with Crippen LogP contribution >= 0.6 is 11.6 Å². The van der Waals surface area contributed by atoms with Crippen LogP contribution in [0.1, 0.15) is 5.56 Å². The fourth-order valence-electron chi connectivity index (χ4n) is 1.68. The summed E-state index contributed by atoms with van der Waals surface area (Å²) in [7, 11) is 0. The molecule has 0 saturated heterocycles. The van der Waals surface area contributed by atoms with Gasteiger partial charge in [0.05, 0.1) is 4.92 Å². The molecule has 0 radical (unpaired) electrons. The third-order valence-corrected chi connectivity index (χ3v) is 2.94. The minimum absolute atomic E-state index is 0.111. The van der Waals surface area contributed by atoms with E-state index in [0.717, 1.165) is 5.56 Å². The molecule has 2 aromatic rings. The van der Waals surface area contributed by atoms with Crippen molar-refractivity contribution in [1.29, 1.82) is 0 Å². The average molecular weight is 278 g/mol. The van der Waals surface area contributed by atoms with Crippen molar-refractivity contribution >= 4 is 28.7 Å². The molecule has 0 saturated carbocycles. The van der Waals surface area contributed by atoms with Crippen LogP contribution in [0.15, 0.2) is 42.5 Å². The topological polar surface area (TPSA) is 81.2 Å². The number of halogens is 1. The van der Waals surface area contributed by atoms with Crippen LogP contribution in [0.2, 0.25) is 5.02 Å². The first kappa shape index (κ1) is 13.2. The molecular weight excluding hydrogens is 266 g/mol. The van der Waals surface area contributed by atoms with Gasteiger partial charge in [-0.15, -0.1) is 0 Å². The summed E-state index contributed by atoms with van der Waals surface area (Å²) < 4.78 is 0. The third-order valence-electron chi connectivity index (χ3n) is 2.63. The Morgan fingerprint density at radius 2 is 1.89 bits per heavy atom. The van der Waals surface area contributed by atoms with E-state index in [1.807, 2.05) is 12.1 Å². The lowest BCUT2D eigenvalue weighted by Crippen LogP contribution is -2.03. The van der Waals surface area contributed by atoms with Crippen molar-refractivity contribution in [2.45, 2.75) is 6.54 Å². The van der Waals surface area contributed by atoms with Gasteiger partial charge in [0.2, 0.25) is 0 Å². The molecule has 0 aliphatic heterocycles. The van der Waals surface area contributed by atoms with Gasteiger partial charge in [0.25, 0.3) is 0 Å². The molecule has 6 heteroatoms. The highest BCUT2D eigenvalue weighted by molar-refractivity contribution is 6.33. The Hall–Kier alpha value is -2.27. The largest absolute Gasteiger partial charge is 0.399 e. The fourth-order valence-corrected chi connectivity index (χ4v) is 1.92. The number of nitrogens with two attached hydrogens (primary N) is 1. The van der Waals surface area contributed by atoms with Gasteiger partial charge in [-0.2, -0.15) is 0 Å². The van der Waals surface area contributed by atoms with E-state index in [-0.39, 0.29) is 10.7 Å². The number of nitro groups is 1. The smallest absolute Gasteiger partial charge is 0.310 e. The standard InChI is InChI=1S/C13H12ClN3O2/c14-11-2-1-3-12(13(11)17(18)19)16-8-9-4-6-10(15)7-5-9/h1-7,16H,8,15H2. The Kier molecular flexibility index (Phi) is 3.87. The second-order valence-corrected chi connectivity index (χ2v) is 4.40.